The van der Waals surface area contributed by atoms with Crippen molar-refractivity contribution in [3.05, 3.63) is 71.0 Å². The quantitative estimate of drug-likeness (QED) is 0.636. The van der Waals surface area contributed by atoms with Gasteiger partial charge in [-0.05, 0) is 54.3 Å². The van der Waals surface area contributed by atoms with E-state index in [1.165, 1.54) is 11.1 Å². The summed E-state index contributed by atoms with van der Waals surface area (Å²) in [5.41, 5.74) is 3.72. The van der Waals surface area contributed by atoms with Crippen LogP contribution in [0.2, 0.25) is 0 Å². The van der Waals surface area contributed by atoms with Gasteiger partial charge in [0.2, 0.25) is 0 Å². The van der Waals surface area contributed by atoms with Crippen LogP contribution in [-0.4, -0.2) is 38.8 Å². The number of methoxy groups -OCH3 is 1. The van der Waals surface area contributed by atoms with E-state index in [9.17, 15) is 0 Å². The molecule has 1 aliphatic rings. The molecular formula is C23H29N5O. The number of ether oxygens (including phenoxy) is 1. The molecule has 6 heteroatoms. The number of para-hydroxylation sites is 1. The highest BCUT2D eigenvalue weighted by molar-refractivity contribution is 5.40. The first-order valence-electron chi connectivity index (χ1n) is 10.3. The molecule has 0 spiro atoms. The van der Waals surface area contributed by atoms with Crippen molar-refractivity contribution < 1.29 is 4.74 Å². The molecule has 1 aliphatic heterocycles. The molecule has 0 unspecified atom stereocenters. The molecule has 6 nitrogen and oxygen atoms in total. The predicted octanol–water partition coefficient (Wildman–Crippen LogP) is 3.97. The minimum atomic E-state index is -0.174. The molecule has 3 aromatic rings. The summed E-state index contributed by atoms with van der Waals surface area (Å²) in [7, 11) is 1.72. The second kappa shape index (κ2) is 7.95. The fourth-order valence-corrected chi connectivity index (χ4v) is 4.07. The van der Waals surface area contributed by atoms with E-state index < -0.39 is 0 Å². The fraction of sp³-hybridized carbons (Fsp3) is 0.435. The van der Waals surface area contributed by atoms with Crippen molar-refractivity contribution in [2.45, 2.75) is 51.7 Å². The van der Waals surface area contributed by atoms with E-state index in [0.29, 0.717) is 0 Å². The number of fused-ring (bicyclic) bond motifs is 1. The van der Waals surface area contributed by atoms with Crippen molar-refractivity contribution in [3.8, 4) is 5.75 Å². The van der Waals surface area contributed by atoms with Gasteiger partial charge in [-0.3, -0.25) is 4.90 Å². The molecule has 0 saturated heterocycles. The number of hydrogen-bond donors (Lipinski definition) is 0. The molecule has 0 radical (unpaired) electrons. The lowest BCUT2D eigenvalue weighted by Gasteiger charge is -2.37. The van der Waals surface area contributed by atoms with Crippen LogP contribution in [-0.2, 0) is 18.5 Å². The summed E-state index contributed by atoms with van der Waals surface area (Å²) in [5.74, 6) is 1.72. The number of hydrogen-bond acceptors (Lipinski definition) is 5. The van der Waals surface area contributed by atoms with Gasteiger partial charge in [-0.1, -0.05) is 49.4 Å². The van der Waals surface area contributed by atoms with Gasteiger partial charge < -0.3 is 4.74 Å². The highest BCUT2D eigenvalue weighted by Gasteiger charge is 2.35. The summed E-state index contributed by atoms with van der Waals surface area (Å²) >= 11 is 0. The first-order chi connectivity index (χ1) is 14.0. The molecule has 0 aliphatic carbocycles. The molecule has 0 amide bonds. The molecule has 4 rings (SSSR count). The molecule has 29 heavy (non-hydrogen) atoms. The molecule has 0 bridgehead atoms. The molecule has 152 valence electrons. The Labute approximate surface area is 172 Å². The van der Waals surface area contributed by atoms with Crippen molar-refractivity contribution in [1.82, 2.24) is 25.1 Å². The van der Waals surface area contributed by atoms with Gasteiger partial charge >= 0.3 is 0 Å². The van der Waals surface area contributed by atoms with E-state index in [1.54, 1.807) is 7.11 Å². The largest absolute Gasteiger partial charge is 0.496 e. The number of aromatic nitrogens is 4. The lowest BCUT2D eigenvalue weighted by molar-refractivity contribution is 0.179. The summed E-state index contributed by atoms with van der Waals surface area (Å²) in [4.78, 5) is 2.47. The normalized spacial score (nSPS) is 15.7. The fourth-order valence-electron chi connectivity index (χ4n) is 4.07. The maximum Gasteiger partial charge on any atom is 0.173 e. The average molecular weight is 392 g/mol. The van der Waals surface area contributed by atoms with Crippen LogP contribution in [0, 0.1) is 0 Å². The SMILES string of the molecule is CCC(C)(C)n1nnnc1[C@H](c1ccccc1OC)N1CCc2ccccc2C1. The molecule has 1 aromatic heterocycles. The topological polar surface area (TPSA) is 56.1 Å². The van der Waals surface area contributed by atoms with Gasteiger partial charge in [-0.2, -0.15) is 0 Å². The van der Waals surface area contributed by atoms with Crippen molar-refractivity contribution >= 4 is 0 Å². The minimum Gasteiger partial charge on any atom is -0.496 e. The molecular weight excluding hydrogens is 362 g/mol. The van der Waals surface area contributed by atoms with Gasteiger partial charge in [-0.25, -0.2) is 4.68 Å². The molecule has 0 fully saturated rings. The average Bonchev–Trinajstić information content (AvgIpc) is 3.24. The summed E-state index contributed by atoms with van der Waals surface area (Å²) < 4.78 is 7.72. The third-order valence-corrected chi connectivity index (χ3v) is 6.14. The van der Waals surface area contributed by atoms with E-state index in [4.69, 9.17) is 4.74 Å². The Kier molecular flexibility index (Phi) is 5.37. The monoisotopic (exact) mass is 391 g/mol. The predicted molar refractivity (Wildman–Crippen MR) is 113 cm³/mol. The first kappa shape index (κ1) is 19.6. The van der Waals surface area contributed by atoms with Gasteiger partial charge in [0.25, 0.3) is 0 Å². The van der Waals surface area contributed by atoms with Gasteiger partial charge in [0.15, 0.2) is 5.82 Å². The van der Waals surface area contributed by atoms with Crippen molar-refractivity contribution in [2.24, 2.45) is 0 Å². The number of rotatable bonds is 6. The van der Waals surface area contributed by atoms with Crippen LogP contribution >= 0.6 is 0 Å². The molecule has 1 atom stereocenters. The zero-order valence-corrected chi connectivity index (χ0v) is 17.7. The zero-order valence-electron chi connectivity index (χ0n) is 17.7. The van der Waals surface area contributed by atoms with E-state index in [2.05, 4.69) is 77.6 Å². The lowest BCUT2D eigenvalue weighted by Crippen LogP contribution is -2.38. The lowest BCUT2D eigenvalue weighted by atomic mass is 9.94. The smallest absolute Gasteiger partial charge is 0.173 e. The molecule has 0 N–H and O–H groups in total. The summed E-state index contributed by atoms with van der Waals surface area (Å²) in [6.07, 6.45) is 1.95. The van der Waals surface area contributed by atoms with Crippen LogP contribution in [0.5, 0.6) is 5.75 Å². The Hall–Kier alpha value is -2.73. The highest BCUT2D eigenvalue weighted by atomic mass is 16.5. The third kappa shape index (κ3) is 3.65. The zero-order chi connectivity index (χ0) is 20.4. The summed E-state index contributed by atoms with van der Waals surface area (Å²) in [6, 6.07) is 16.8. The summed E-state index contributed by atoms with van der Waals surface area (Å²) in [6.45, 7) is 8.33. The van der Waals surface area contributed by atoms with Crippen molar-refractivity contribution in [1.29, 1.82) is 0 Å². The van der Waals surface area contributed by atoms with Crippen LogP contribution in [0.25, 0.3) is 0 Å². The van der Waals surface area contributed by atoms with Gasteiger partial charge in [0.1, 0.15) is 11.8 Å². The standard InChI is InChI=1S/C23H29N5O/c1-5-23(2,3)28-22(24-25-26-28)21(19-12-8-9-13-20(19)29-4)27-15-14-17-10-6-7-11-18(17)16-27/h6-13,21H,5,14-16H2,1-4H3/t21-/m0/s1. The third-order valence-electron chi connectivity index (χ3n) is 6.14. The van der Waals surface area contributed by atoms with E-state index in [-0.39, 0.29) is 11.6 Å². The van der Waals surface area contributed by atoms with E-state index in [1.807, 2.05) is 16.8 Å². The molecule has 0 saturated carbocycles. The highest BCUT2D eigenvalue weighted by Crippen LogP contribution is 2.37. The maximum atomic E-state index is 5.73. The number of nitrogens with zero attached hydrogens (tertiary/aromatic N) is 5. The Morgan fingerprint density at radius 3 is 2.55 bits per heavy atom. The molecule has 2 heterocycles. The van der Waals surface area contributed by atoms with Crippen molar-refractivity contribution in [2.75, 3.05) is 13.7 Å². The van der Waals surface area contributed by atoms with Crippen LogP contribution in [0.1, 0.15) is 55.7 Å². The Balaban J connectivity index is 1.83. The van der Waals surface area contributed by atoms with Gasteiger partial charge in [0, 0.05) is 18.7 Å². The van der Waals surface area contributed by atoms with Crippen LogP contribution < -0.4 is 4.74 Å². The van der Waals surface area contributed by atoms with Gasteiger partial charge in [0.05, 0.1) is 12.6 Å². The number of tetrazole rings is 1. The first-order valence-corrected chi connectivity index (χ1v) is 10.3. The van der Waals surface area contributed by atoms with Crippen LogP contribution in [0.3, 0.4) is 0 Å². The Bertz CT molecular complexity index is 981. The number of benzene rings is 2. The van der Waals surface area contributed by atoms with Crippen molar-refractivity contribution in [3.63, 3.8) is 0 Å². The Morgan fingerprint density at radius 2 is 1.79 bits per heavy atom. The van der Waals surface area contributed by atoms with E-state index in [0.717, 1.165) is 43.1 Å². The maximum absolute atomic E-state index is 5.73. The summed E-state index contributed by atoms with van der Waals surface area (Å²) in [5, 5.41) is 13.0. The second-order valence-electron chi connectivity index (χ2n) is 8.25. The second-order valence-corrected chi connectivity index (χ2v) is 8.25. The van der Waals surface area contributed by atoms with E-state index >= 15 is 0 Å². The Morgan fingerprint density at radius 1 is 1.07 bits per heavy atom. The van der Waals surface area contributed by atoms with Gasteiger partial charge in [-0.15, -0.1) is 5.10 Å². The minimum absolute atomic E-state index is 0.0830. The van der Waals surface area contributed by atoms with Crippen LogP contribution in [0.15, 0.2) is 48.5 Å². The van der Waals surface area contributed by atoms with Crippen LogP contribution in [0.4, 0.5) is 0 Å². The molecule has 2 aromatic carbocycles.